The van der Waals surface area contributed by atoms with Crippen LogP contribution in [0.4, 0.5) is 0 Å². The molecule has 2 N–H and O–H groups in total. The molecule has 5 nitrogen and oxygen atoms in total. The summed E-state index contributed by atoms with van der Waals surface area (Å²) in [5.41, 5.74) is -1.29. The molecule has 112 valence electrons. The SMILES string of the molecule is OOCC1(OOCC2(O)CCCCC2)CCCCC1. The zero-order valence-electron chi connectivity index (χ0n) is 11.6. The van der Waals surface area contributed by atoms with Crippen molar-refractivity contribution in [3.63, 3.8) is 0 Å². The topological polar surface area (TPSA) is 68.2 Å². The van der Waals surface area contributed by atoms with Crippen molar-refractivity contribution in [1.29, 1.82) is 0 Å². The van der Waals surface area contributed by atoms with Crippen LogP contribution in [0.25, 0.3) is 0 Å². The van der Waals surface area contributed by atoms with Gasteiger partial charge in [0.15, 0.2) is 0 Å². The molecule has 0 unspecified atom stereocenters. The maximum atomic E-state index is 10.3. The van der Waals surface area contributed by atoms with Gasteiger partial charge in [0.25, 0.3) is 0 Å². The summed E-state index contributed by atoms with van der Waals surface area (Å²) in [7, 11) is 0. The molecule has 0 aromatic rings. The standard InChI is InChI=1S/C14H26O5/c15-13(7-3-1-4-8-13)11-18-19-14(12-17-16)9-5-2-6-10-14/h15-16H,1-12H2. The van der Waals surface area contributed by atoms with Crippen molar-refractivity contribution in [2.24, 2.45) is 0 Å². The lowest BCUT2D eigenvalue weighted by Gasteiger charge is -2.36. The van der Waals surface area contributed by atoms with Gasteiger partial charge in [0.1, 0.15) is 18.8 Å². The molecule has 2 saturated carbocycles. The molecule has 0 atom stereocenters. The Bertz CT molecular complexity index is 251. The lowest BCUT2D eigenvalue weighted by molar-refractivity contribution is -0.406. The largest absolute Gasteiger partial charge is 0.387 e. The van der Waals surface area contributed by atoms with Gasteiger partial charge in [0.05, 0.1) is 5.60 Å². The Hall–Kier alpha value is -0.200. The fraction of sp³-hybridized carbons (Fsp3) is 1.00. The van der Waals surface area contributed by atoms with E-state index in [1.807, 2.05) is 0 Å². The van der Waals surface area contributed by atoms with Gasteiger partial charge in [-0.15, -0.1) is 0 Å². The van der Waals surface area contributed by atoms with E-state index in [1.54, 1.807) is 0 Å². The third-order valence-corrected chi connectivity index (χ3v) is 4.44. The zero-order valence-corrected chi connectivity index (χ0v) is 11.6. The Morgan fingerprint density at radius 1 is 0.789 bits per heavy atom. The van der Waals surface area contributed by atoms with E-state index in [-0.39, 0.29) is 13.2 Å². The van der Waals surface area contributed by atoms with Gasteiger partial charge >= 0.3 is 0 Å². The zero-order chi connectivity index (χ0) is 13.6. The fourth-order valence-electron chi connectivity index (χ4n) is 3.18. The van der Waals surface area contributed by atoms with E-state index in [0.717, 1.165) is 51.4 Å². The van der Waals surface area contributed by atoms with Crippen LogP contribution in [-0.4, -0.2) is 34.8 Å². The minimum atomic E-state index is -0.742. The van der Waals surface area contributed by atoms with Crippen molar-refractivity contribution in [1.82, 2.24) is 0 Å². The molecule has 0 bridgehead atoms. The highest BCUT2D eigenvalue weighted by Crippen LogP contribution is 2.33. The maximum Gasteiger partial charge on any atom is 0.130 e. The molecule has 0 aromatic carbocycles. The van der Waals surface area contributed by atoms with E-state index in [1.165, 1.54) is 12.8 Å². The molecule has 0 heterocycles. The van der Waals surface area contributed by atoms with Crippen LogP contribution in [0, 0.1) is 0 Å². The summed E-state index contributed by atoms with van der Waals surface area (Å²) in [4.78, 5) is 15.1. The average molecular weight is 274 g/mol. The Morgan fingerprint density at radius 2 is 1.37 bits per heavy atom. The number of aliphatic hydroxyl groups is 1. The Kier molecular flexibility index (Phi) is 5.59. The number of hydrogen-bond acceptors (Lipinski definition) is 5. The predicted octanol–water partition coefficient (Wildman–Crippen LogP) is 2.82. The molecule has 0 amide bonds. The summed E-state index contributed by atoms with van der Waals surface area (Å²) in [6.07, 6.45) is 9.77. The average Bonchev–Trinajstić information content (AvgIpc) is 2.40. The molecular formula is C14H26O5. The Morgan fingerprint density at radius 3 is 1.95 bits per heavy atom. The quantitative estimate of drug-likeness (QED) is 0.576. The van der Waals surface area contributed by atoms with Crippen molar-refractivity contribution < 1.29 is 25.0 Å². The second-order valence-electron chi connectivity index (χ2n) is 6.15. The maximum absolute atomic E-state index is 10.3. The first-order chi connectivity index (χ1) is 9.18. The van der Waals surface area contributed by atoms with Gasteiger partial charge in [-0.05, 0) is 25.7 Å². The van der Waals surface area contributed by atoms with Gasteiger partial charge in [-0.3, -0.25) is 5.26 Å². The van der Waals surface area contributed by atoms with E-state index in [9.17, 15) is 5.11 Å². The van der Waals surface area contributed by atoms with Gasteiger partial charge in [-0.1, -0.05) is 38.5 Å². The summed E-state index contributed by atoms with van der Waals surface area (Å²) in [5.74, 6) is 0. The molecule has 0 spiro atoms. The number of rotatable bonds is 6. The van der Waals surface area contributed by atoms with Crippen LogP contribution in [0.1, 0.15) is 64.2 Å². The molecule has 0 radical (unpaired) electrons. The van der Waals surface area contributed by atoms with Crippen LogP contribution in [0.5, 0.6) is 0 Å². The van der Waals surface area contributed by atoms with Crippen LogP contribution in [-0.2, 0) is 14.7 Å². The van der Waals surface area contributed by atoms with Crippen molar-refractivity contribution in [3.8, 4) is 0 Å². The molecule has 0 aromatic heterocycles. The van der Waals surface area contributed by atoms with Gasteiger partial charge < -0.3 is 5.11 Å². The summed E-state index contributed by atoms with van der Waals surface area (Å²) in [6.45, 7) is 0.339. The normalized spacial score (nSPS) is 26.2. The first-order valence-corrected chi connectivity index (χ1v) is 7.48. The molecule has 2 aliphatic carbocycles. The molecular weight excluding hydrogens is 248 g/mol. The van der Waals surface area contributed by atoms with Crippen LogP contribution in [0.3, 0.4) is 0 Å². The molecule has 0 saturated heterocycles. The first-order valence-electron chi connectivity index (χ1n) is 7.48. The van der Waals surface area contributed by atoms with Crippen molar-refractivity contribution in [2.75, 3.05) is 13.2 Å². The van der Waals surface area contributed by atoms with Crippen LogP contribution >= 0.6 is 0 Å². The smallest absolute Gasteiger partial charge is 0.130 e. The molecule has 2 aliphatic rings. The van der Waals surface area contributed by atoms with Crippen molar-refractivity contribution in [3.05, 3.63) is 0 Å². The van der Waals surface area contributed by atoms with Crippen LogP contribution in [0.15, 0.2) is 0 Å². The molecule has 2 fully saturated rings. The van der Waals surface area contributed by atoms with E-state index in [2.05, 4.69) is 4.89 Å². The van der Waals surface area contributed by atoms with E-state index in [0.29, 0.717) is 0 Å². The lowest BCUT2D eigenvalue weighted by Crippen LogP contribution is -2.43. The van der Waals surface area contributed by atoms with E-state index in [4.69, 9.17) is 15.0 Å². The Labute approximate surface area is 114 Å². The van der Waals surface area contributed by atoms with E-state index >= 15 is 0 Å². The molecule has 19 heavy (non-hydrogen) atoms. The van der Waals surface area contributed by atoms with E-state index < -0.39 is 11.2 Å². The second-order valence-corrected chi connectivity index (χ2v) is 6.15. The van der Waals surface area contributed by atoms with Gasteiger partial charge in [-0.25, -0.2) is 14.7 Å². The van der Waals surface area contributed by atoms with Crippen molar-refractivity contribution in [2.45, 2.75) is 75.4 Å². The molecule has 0 aliphatic heterocycles. The van der Waals surface area contributed by atoms with Gasteiger partial charge in [-0.2, -0.15) is 0 Å². The summed E-state index contributed by atoms with van der Waals surface area (Å²) in [5, 5.41) is 19.0. The fourth-order valence-corrected chi connectivity index (χ4v) is 3.18. The Balaban J connectivity index is 1.78. The third kappa shape index (κ3) is 4.39. The highest BCUT2D eigenvalue weighted by molar-refractivity contribution is 4.84. The summed E-state index contributed by atoms with van der Waals surface area (Å²) >= 11 is 0. The molecule has 2 rings (SSSR count). The minimum Gasteiger partial charge on any atom is -0.387 e. The number of hydrogen-bond donors (Lipinski definition) is 2. The molecule has 5 heteroatoms. The summed E-state index contributed by atoms with van der Waals surface area (Å²) < 4.78 is 0. The van der Waals surface area contributed by atoms with Crippen LogP contribution < -0.4 is 0 Å². The van der Waals surface area contributed by atoms with Crippen molar-refractivity contribution >= 4 is 0 Å². The monoisotopic (exact) mass is 274 g/mol. The predicted molar refractivity (Wildman–Crippen MR) is 69.5 cm³/mol. The highest BCUT2D eigenvalue weighted by atomic mass is 17.2. The van der Waals surface area contributed by atoms with Crippen LogP contribution in [0.2, 0.25) is 0 Å². The lowest BCUT2D eigenvalue weighted by atomic mass is 9.85. The second kappa shape index (κ2) is 6.99. The third-order valence-electron chi connectivity index (χ3n) is 4.44. The highest BCUT2D eigenvalue weighted by Gasteiger charge is 2.37. The van der Waals surface area contributed by atoms with Gasteiger partial charge in [0.2, 0.25) is 0 Å². The van der Waals surface area contributed by atoms with Gasteiger partial charge in [0, 0.05) is 0 Å². The first kappa shape index (κ1) is 15.2. The summed E-state index contributed by atoms with van der Waals surface area (Å²) in [6, 6.07) is 0. The minimum absolute atomic E-state index is 0.130.